The number of ether oxygens (including phenoxy) is 3. The van der Waals surface area contributed by atoms with Gasteiger partial charge in [-0.1, -0.05) is 11.1 Å². The molecule has 2 aromatic rings. The summed E-state index contributed by atoms with van der Waals surface area (Å²) in [5.74, 6) is 0.548. The van der Waals surface area contributed by atoms with E-state index in [1.165, 1.54) is 20.1 Å². The molecule has 1 unspecified atom stereocenters. The molecule has 150 valence electrons. The summed E-state index contributed by atoms with van der Waals surface area (Å²) in [4.78, 5) is 22.8. The molecule has 0 bridgehead atoms. The minimum absolute atomic E-state index is 0.298. The topological polar surface area (TPSA) is 75.0 Å². The van der Waals surface area contributed by atoms with Crippen molar-refractivity contribution in [3.8, 4) is 11.5 Å². The zero-order valence-corrected chi connectivity index (χ0v) is 16.9. The quantitative estimate of drug-likeness (QED) is 0.380. The molecule has 1 aromatic heterocycles. The van der Waals surface area contributed by atoms with Crippen LogP contribution in [0, 0.1) is 0 Å². The first-order valence-electron chi connectivity index (χ1n) is 9.01. The van der Waals surface area contributed by atoms with Crippen LogP contribution in [-0.2, 0) is 9.53 Å². The van der Waals surface area contributed by atoms with Crippen molar-refractivity contribution in [3.63, 3.8) is 0 Å². The van der Waals surface area contributed by atoms with Crippen LogP contribution in [-0.4, -0.2) is 25.8 Å². The molecule has 2 rings (SSSR count). The monoisotopic (exact) mass is 386 g/mol. The first-order chi connectivity index (χ1) is 13.3. The van der Waals surface area contributed by atoms with Gasteiger partial charge in [-0.15, -0.1) is 0 Å². The van der Waals surface area contributed by atoms with Crippen molar-refractivity contribution in [2.24, 2.45) is 0 Å². The molecular weight excluding hydrogens is 360 g/mol. The number of esters is 1. The number of hydrogen-bond acceptors (Lipinski definition) is 6. The first-order valence-corrected chi connectivity index (χ1v) is 9.01. The summed E-state index contributed by atoms with van der Waals surface area (Å²) >= 11 is 0. The van der Waals surface area contributed by atoms with E-state index in [-0.39, 0.29) is 12.1 Å². The molecule has 0 aliphatic heterocycles. The average Bonchev–Trinajstić information content (AvgIpc) is 2.60. The summed E-state index contributed by atoms with van der Waals surface area (Å²) in [5.41, 5.74) is 2.01. The lowest BCUT2D eigenvalue weighted by atomic mass is 10.1. The van der Waals surface area contributed by atoms with Gasteiger partial charge in [-0.25, -0.2) is 4.79 Å². The number of fused-ring (bicyclic) bond motifs is 1. The molecule has 0 fully saturated rings. The Morgan fingerprint density at radius 3 is 2.50 bits per heavy atom. The van der Waals surface area contributed by atoms with Crippen LogP contribution in [0.1, 0.15) is 34.1 Å². The summed E-state index contributed by atoms with van der Waals surface area (Å²) < 4.78 is 21.8. The van der Waals surface area contributed by atoms with Crippen LogP contribution in [0.4, 0.5) is 0 Å². The maximum atomic E-state index is 11.5. The Bertz CT molecular complexity index is 947. The standard InChI is InChI=1S/C22H26O6/c1-14(2)12-18(27-16(4)23)13-15(3)10-11-26-19-8-6-17-7-9-20(24)28-21(17)22(19)25-5/h6-10,12,18H,11,13H2,1-5H3/b15-10+. The van der Waals surface area contributed by atoms with Gasteiger partial charge in [-0.3, -0.25) is 4.79 Å². The van der Waals surface area contributed by atoms with E-state index in [1.54, 1.807) is 18.2 Å². The third kappa shape index (κ3) is 6.01. The lowest BCUT2D eigenvalue weighted by molar-refractivity contribution is -0.144. The molecule has 6 heteroatoms. The molecule has 0 radical (unpaired) electrons. The number of allylic oxidation sites excluding steroid dienone is 1. The predicted octanol–water partition coefficient (Wildman–Crippen LogP) is 4.41. The molecule has 0 saturated carbocycles. The van der Waals surface area contributed by atoms with E-state index >= 15 is 0 Å². The number of carbonyl (C=O) groups excluding carboxylic acids is 1. The van der Waals surface area contributed by atoms with Crippen LogP contribution in [0.2, 0.25) is 0 Å². The molecule has 0 saturated heterocycles. The zero-order chi connectivity index (χ0) is 20.7. The van der Waals surface area contributed by atoms with Crippen LogP contribution in [0.15, 0.2) is 56.8 Å². The largest absolute Gasteiger partial charge is 0.490 e. The van der Waals surface area contributed by atoms with E-state index in [0.29, 0.717) is 30.1 Å². The molecular formula is C22H26O6. The Morgan fingerprint density at radius 1 is 1.14 bits per heavy atom. The Morgan fingerprint density at radius 2 is 1.86 bits per heavy atom. The smallest absolute Gasteiger partial charge is 0.336 e. The van der Waals surface area contributed by atoms with Crippen molar-refractivity contribution in [1.29, 1.82) is 0 Å². The second kappa shape index (κ2) is 9.78. The highest BCUT2D eigenvalue weighted by Gasteiger charge is 2.13. The van der Waals surface area contributed by atoms with Crippen molar-refractivity contribution in [1.82, 2.24) is 0 Å². The summed E-state index contributed by atoms with van der Waals surface area (Å²) in [6, 6.07) is 6.61. The van der Waals surface area contributed by atoms with Crippen molar-refractivity contribution in [3.05, 3.63) is 58.0 Å². The van der Waals surface area contributed by atoms with Gasteiger partial charge in [-0.2, -0.15) is 0 Å². The fourth-order valence-corrected chi connectivity index (χ4v) is 2.79. The van der Waals surface area contributed by atoms with Gasteiger partial charge in [-0.05, 0) is 51.1 Å². The van der Waals surface area contributed by atoms with Gasteiger partial charge in [0.05, 0.1) is 7.11 Å². The van der Waals surface area contributed by atoms with E-state index < -0.39 is 5.63 Å². The molecule has 0 aliphatic carbocycles. The molecule has 6 nitrogen and oxygen atoms in total. The normalized spacial score (nSPS) is 12.4. The lowest BCUT2D eigenvalue weighted by Crippen LogP contribution is -2.14. The van der Waals surface area contributed by atoms with E-state index in [9.17, 15) is 9.59 Å². The van der Waals surface area contributed by atoms with Gasteiger partial charge in [0, 0.05) is 24.8 Å². The summed E-state index contributed by atoms with van der Waals surface area (Å²) in [6.07, 6.45) is 4.12. The van der Waals surface area contributed by atoms with E-state index in [0.717, 1.165) is 16.5 Å². The second-order valence-electron chi connectivity index (χ2n) is 6.73. The van der Waals surface area contributed by atoms with Gasteiger partial charge < -0.3 is 18.6 Å². The molecule has 0 aliphatic rings. The van der Waals surface area contributed by atoms with Crippen LogP contribution in [0.25, 0.3) is 11.0 Å². The van der Waals surface area contributed by atoms with E-state index in [2.05, 4.69) is 0 Å². The number of rotatable bonds is 8. The van der Waals surface area contributed by atoms with Gasteiger partial charge in [0.15, 0.2) is 11.3 Å². The third-order valence-corrected chi connectivity index (χ3v) is 3.94. The molecule has 0 amide bonds. The van der Waals surface area contributed by atoms with Crippen LogP contribution >= 0.6 is 0 Å². The molecule has 1 heterocycles. The highest BCUT2D eigenvalue weighted by atomic mass is 16.5. The lowest BCUT2D eigenvalue weighted by Gasteiger charge is -2.15. The Hall–Kier alpha value is -3.02. The van der Waals surface area contributed by atoms with E-state index in [1.807, 2.05) is 32.9 Å². The molecule has 28 heavy (non-hydrogen) atoms. The van der Waals surface area contributed by atoms with Crippen molar-refractivity contribution < 1.29 is 23.4 Å². The molecule has 0 N–H and O–H groups in total. The number of hydrogen-bond donors (Lipinski definition) is 0. The van der Waals surface area contributed by atoms with Crippen LogP contribution in [0.3, 0.4) is 0 Å². The Kier molecular flexibility index (Phi) is 7.44. The van der Waals surface area contributed by atoms with Gasteiger partial charge in [0.1, 0.15) is 12.7 Å². The fourth-order valence-electron chi connectivity index (χ4n) is 2.79. The number of carbonyl (C=O) groups is 1. The van der Waals surface area contributed by atoms with Crippen molar-refractivity contribution in [2.45, 2.75) is 40.2 Å². The molecule has 0 spiro atoms. The number of methoxy groups -OCH3 is 1. The summed E-state index contributed by atoms with van der Waals surface area (Å²) in [5, 5.41) is 0.751. The van der Waals surface area contributed by atoms with Gasteiger partial charge in [0.2, 0.25) is 5.75 Å². The SMILES string of the molecule is COc1c(OC/C=C(\C)CC(C=C(C)C)OC(C)=O)ccc2ccc(=O)oc12. The number of benzene rings is 1. The second-order valence-corrected chi connectivity index (χ2v) is 6.73. The Labute approximate surface area is 164 Å². The van der Waals surface area contributed by atoms with Crippen LogP contribution in [0.5, 0.6) is 11.5 Å². The molecule has 1 atom stereocenters. The van der Waals surface area contributed by atoms with Crippen LogP contribution < -0.4 is 15.1 Å². The maximum absolute atomic E-state index is 11.5. The van der Waals surface area contributed by atoms with Gasteiger partial charge >= 0.3 is 11.6 Å². The van der Waals surface area contributed by atoms with E-state index in [4.69, 9.17) is 18.6 Å². The summed E-state index contributed by atoms with van der Waals surface area (Å²) in [6.45, 7) is 7.58. The first kappa shape index (κ1) is 21.3. The highest BCUT2D eigenvalue weighted by molar-refractivity contribution is 5.85. The third-order valence-electron chi connectivity index (χ3n) is 3.94. The predicted molar refractivity (Wildman–Crippen MR) is 108 cm³/mol. The highest BCUT2D eigenvalue weighted by Crippen LogP contribution is 2.34. The fraction of sp³-hybridized carbons (Fsp3) is 0.364. The zero-order valence-electron chi connectivity index (χ0n) is 16.9. The Balaban J connectivity index is 2.11. The van der Waals surface area contributed by atoms with Crippen molar-refractivity contribution in [2.75, 3.05) is 13.7 Å². The van der Waals surface area contributed by atoms with Gasteiger partial charge in [0.25, 0.3) is 0 Å². The minimum Gasteiger partial charge on any atom is -0.490 e. The average molecular weight is 386 g/mol. The molecule has 1 aromatic carbocycles. The maximum Gasteiger partial charge on any atom is 0.336 e. The summed E-state index contributed by atoms with van der Waals surface area (Å²) in [7, 11) is 1.50. The van der Waals surface area contributed by atoms with Crippen molar-refractivity contribution >= 4 is 16.9 Å². The minimum atomic E-state index is -0.450.